The van der Waals surface area contributed by atoms with Gasteiger partial charge in [-0.3, -0.25) is 0 Å². The number of hydrogen-bond donors (Lipinski definition) is 1. The number of nitrogens with two attached hydrogens (primary N) is 1. The predicted molar refractivity (Wildman–Crippen MR) is 44.8 cm³/mol. The van der Waals surface area contributed by atoms with Crippen molar-refractivity contribution in [1.29, 1.82) is 0 Å². The summed E-state index contributed by atoms with van der Waals surface area (Å²) >= 11 is 0. The second kappa shape index (κ2) is 2.87. The summed E-state index contributed by atoms with van der Waals surface area (Å²) in [7, 11) is -1.66. The number of imidazole rings is 1. The van der Waals surface area contributed by atoms with E-state index in [1.54, 1.807) is 24.7 Å². The first-order valence-corrected chi connectivity index (χ1v) is 5.09. The zero-order chi connectivity index (χ0) is 9.35. The van der Waals surface area contributed by atoms with E-state index in [2.05, 4.69) is 4.98 Å². The molecule has 0 unspecified atom stereocenters. The van der Waals surface area contributed by atoms with E-state index in [0.717, 1.165) is 5.82 Å². The van der Waals surface area contributed by atoms with Gasteiger partial charge < -0.3 is 4.57 Å². The van der Waals surface area contributed by atoms with Crippen LogP contribution in [0.1, 0.15) is 11.5 Å². The molecular formula is C6H11N3O2S. The van der Waals surface area contributed by atoms with E-state index < -0.39 is 10.0 Å². The van der Waals surface area contributed by atoms with Crippen LogP contribution in [0.25, 0.3) is 0 Å². The van der Waals surface area contributed by atoms with Crippen LogP contribution in [0.5, 0.6) is 0 Å². The van der Waals surface area contributed by atoms with Crippen LogP contribution in [0, 0.1) is 6.92 Å². The van der Waals surface area contributed by atoms with Gasteiger partial charge in [0.15, 0.2) is 0 Å². The monoisotopic (exact) mass is 189 g/mol. The Morgan fingerprint density at radius 2 is 2.25 bits per heavy atom. The van der Waals surface area contributed by atoms with E-state index in [1.165, 1.54) is 0 Å². The highest BCUT2D eigenvalue weighted by Crippen LogP contribution is 2.02. The maximum absolute atomic E-state index is 10.6. The summed E-state index contributed by atoms with van der Waals surface area (Å²) < 4.78 is 23.0. The minimum absolute atomic E-state index is 0.200. The molecule has 0 saturated heterocycles. The molecular weight excluding hydrogens is 178 g/mol. The molecule has 0 aliphatic heterocycles. The van der Waals surface area contributed by atoms with Crippen molar-refractivity contribution in [2.45, 2.75) is 12.7 Å². The molecule has 0 aliphatic rings. The largest absolute Gasteiger partial charge is 0.338 e. The molecule has 0 spiro atoms. The maximum atomic E-state index is 10.6. The molecule has 1 rings (SSSR count). The Morgan fingerprint density at radius 1 is 1.67 bits per heavy atom. The van der Waals surface area contributed by atoms with Gasteiger partial charge in [-0.05, 0) is 6.92 Å². The van der Waals surface area contributed by atoms with Crippen molar-refractivity contribution < 1.29 is 8.42 Å². The standard InChI is InChI=1S/C6H11N3O2S/c1-5-8-6(3-9(5)2)4-12(7,10)11/h3H,4H2,1-2H3,(H2,7,10,11). The number of hydrogen-bond acceptors (Lipinski definition) is 3. The highest BCUT2D eigenvalue weighted by atomic mass is 32.2. The zero-order valence-electron chi connectivity index (χ0n) is 6.98. The normalized spacial score (nSPS) is 11.9. The summed E-state index contributed by atoms with van der Waals surface area (Å²) in [6, 6.07) is 0. The van der Waals surface area contributed by atoms with Crippen molar-refractivity contribution in [3.05, 3.63) is 17.7 Å². The Balaban J connectivity index is 2.92. The molecule has 1 heterocycles. The van der Waals surface area contributed by atoms with Crippen LogP contribution in [0.2, 0.25) is 0 Å². The molecule has 1 aromatic rings. The van der Waals surface area contributed by atoms with Crippen molar-refractivity contribution in [3.8, 4) is 0 Å². The third kappa shape index (κ3) is 2.31. The summed E-state index contributed by atoms with van der Waals surface area (Å²) in [5.41, 5.74) is 0.484. The number of primary sulfonamides is 1. The third-order valence-corrected chi connectivity index (χ3v) is 2.21. The lowest BCUT2D eigenvalue weighted by Gasteiger charge is -1.90. The van der Waals surface area contributed by atoms with Gasteiger partial charge in [0, 0.05) is 13.2 Å². The van der Waals surface area contributed by atoms with E-state index in [-0.39, 0.29) is 5.75 Å². The van der Waals surface area contributed by atoms with Crippen LogP contribution >= 0.6 is 0 Å². The van der Waals surface area contributed by atoms with E-state index in [1.807, 2.05) is 0 Å². The Labute approximate surface area is 71.3 Å². The highest BCUT2D eigenvalue weighted by molar-refractivity contribution is 7.88. The van der Waals surface area contributed by atoms with Crippen LogP contribution in [0.15, 0.2) is 6.20 Å². The first-order chi connectivity index (χ1) is 5.38. The average Bonchev–Trinajstić information content (AvgIpc) is 2.07. The molecule has 5 nitrogen and oxygen atoms in total. The van der Waals surface area contributed by atoms with Gasteiger partial charge in [0.25, 0.3) is 0 Å². The second-order valence-corrected chi connectivity index (χ2v) is 4.31. The second-order valence-electron chi connectivity index (χ2n) is 2.70. The first-order valence-electron chi connectivity index (χ1n) is 3.38. The molecule has 2 N–H and O–H groups in total. The number of sulfonamides is 1. The lowest BCUT2D eigenvalue weighted by atomic mass is 10.6. The molecule has 0 bridgehead atoms. The number of aromatic nitrogens is 2. The number of nitrogens with zero attached hydrogens (tertiary/aromatic N) is 2. The minimum Gasteiger partial charge on any atom is -0.338 e. The van der Waals surface area contributed by atoms with Crippen molar-refractivity contribution >= 4 is 10.0 Å². The Bertz CT molecular complexity index is 360. The lowest BCUT2D eigenvalue weighted by molar-refractivity contribution is 0.596. The van der Waals surface area contributed by atoms with Crippen molar-refractivity contribution in [2.75, 3.05) is 0 Å². The van der Waals surface area contributed by atoms with E-state index >= 15 is 0 Å². The molecule has 0 radical (unpaired) electrons. The molecule has 12 heavy (non-hydrogen) atoms. The van der Waals surface area contributed by atoms with Gasteiger partial charge in [0.2, 0.25) is 10.0 Å². The molecule has 0 aliphatic carbocycles. The highest BCUT2D eigenvalue weighted by Gasteiger charge is 2.08. The summed E-state index contributed by atoms with van der Waals surface area (Å²) in [6.45, 7) is 1.80. The Morgan fingerprint density at radius 3 is 2.58 bits per heavy atom. The molecule has 68 valence electrons. The molecule has 0 amide bonds. The van der Waals surface area contributed by atoms with Crippen LogP contribution < -0.4 is 5.14 Å². The summed E-state index contributed by atoms with van der Waals surface area (Å²) in [6.07, 6.45) is 1.65. The van der Waals surface area contributed by atoms with Gasteiger partial charge in [-0.1, -0.05) is 0 Å². The SMILES string of the molecule is Cc1nc(CS(N)(=O)=O)cn1C. The van der Waals surface area contributed by atoms with Crippen molar-refractivity contribution in [2.24, 2.45) is 12.2 Å². The summed E-state index contributed by atoms with van der Waals surface area (Å²) in [5.74, 6) is 0.572. The van der Waals surface area contributed by atoms with Crippen LogP contribution in [0.3, 0.4) is 0 Å². The van der Waals surface area contributed by atoms with Crippen molar-refractivity contribution in [3.63, 3.8) is 0 Å². The number of aryl methyl sites for hydroxylation is 2. The average molecular weight is 189 g/mol. The zero-order valence-corrected chi connectivity index (χ0v) is 7.80. The van der Waals surface area contributed by atoms with Gasteiger partial charge in [-0.15, -0.1) is 0 Å². The number of rotatable bonds is 2. The molecule has 0 fully saturated rings. The first kappa shape index (κ1) is 9.21. The predicted octanol–water partition coefficient (Wildman–Crippen LogP) is -0.483. The molecule has 0 aromatic carbocycles. The fourth-order valence-corrected chi connectivity index (χ4v) is 1.46. The van der Waals surface area contributed by atoms with Gasteiger partial charge in [0.1, 0.15) is 11.6 Å². The Kier molecular flexibility index (Phi) is 2.20. The maximum Gasteiger partial charge on any atom is 0.214 e. The van der Waals surface area contributed by atoms with E-state index in [0.29, 0.717) is 5.69 Å². The third-order valence-electron chi connectivity index (χ3n) is 1.51. The van der Waals surface area contributed by atoms with Gasteiger partial charge >= 0.3 is 0 Å². The topological polar surface area (TPSA) is 78.0 Å². The van der Waals surface area contributed by atoms with E-state index in [4.69, 9.17) is 5.14 Å². The van der Waals surface area contributed by atoms with E-state index in [9.17, 15) is 8.42 Å². The summed E-state index contributed by atoms with van der Waals surface area (Å²) in [4.78, 5) is 4.00. The smallest absolute Gasteiger partial charge is 0.214 e. The fourth-order valence-electron chi connectivity index (χ4n) is 0.908. The van der Waals surface area contributed by atoms with Crippen LogP contribution in [0.4, 0.5) is 0 Å². The van der Waals surface area contributed by atoms with Crippen LogP contribution in [-0.4, -0.2) is 18.0 Å². The fraction of sp³-hybridized carbons (Fsp3) is 0.500. The van der Waals surface area contributed by atoms with Gasteiger partial charge in [0.05, 0.1) is 5.69 Å². The molecule has 0 atom stereocenters. The molecule has 1 aromatic heterocycles. The lowest BCUT2D eigenvalue weighted by Crippen LogP contribution is -2.14. The van der Waals surface area contributed by atoms with Gasteiger partial charge in [-0.2, -0.15) is 0 Å². The Hall–Kier alpha value is -0.880. The molecule has 6 heteroatoms. The van der Waals surface area contributed by atoms with Crippen molar-refractivity contribution in [1.82, 2.24) is 9.55 Å². The summed E-state index contributed by atoms with van der Waals surface area (Å²) in [5, 5.41) is 4.85. The molecule has 0 saturated carbocycles. The van der Waals surface area contributed by atoms with Gasteiger partial charge in [-0.25, -0.2) is 18.5 Å². The quantitative estimate of drug-likeness (QED) is 0.682. The van der Waals surface area contributed by atoms with Crippen LogP contribution in [-0.2, 0) is 22.8 Å². The minimum atomic E-state index is -3.46.